The van der Waals surface area contributed by atoms with E-state index in [0.717, 1.165) is 12.8 Å². The SMILES string of the molecule is O=c1[nH]c2cc(S(=O)(=O)Nc3ccsc3-c3nc(C4CC4)no3)ccc2o1. The number of benzene rings is 1. The molecule has 0 atom stereocenters. The van der Waals surface area contributed by atoms with Gasteiger partial charge in [0.1, 0.15) is 4.88 Å². The van der Waals surface area contributed by atoms with Crippen molar-refractivity contribution in [2.45, 2.75) is 23.7 Å². The molecule has 0 spiro atoms. The van der Waals surface area contributed by atoms with Gasteiger partial charge in [0.15, 0.2) is 11.4 Å². The van der Waals surface area contributed by atoms with Crippen molar-refractivity contribution in [3.63, 3.8) is 0 Å². The number of fused-ring (bicyclic) bond motifs is 1. The average molecular weight is 404 g/mol. The molecule has 1 aliphatic carbocycles. The minimum Gasteiger partial charge on any atom is -0.408 e. The predicted molar refractivity (Wildman–Crippen MR) is 97.2 cm³/mol. The second kappa shape index (κ2) is 5.79. The molecule has 3 heterocycles. The maximum absolute atomic E-state index is 12.8. The normalized spacial score (nSPS) is 14.7. The number of thiophene rings is 1. The van der Waals surface area contributed by atoms with Gasteiger partial charge in [-0.05, 0) is 42.5 Å². The highest BCUT2D eigenvalue weighted by atomic mass is 32.2. The molecule has 4 aromatic rings. The van der Waals surface area contributed by atoms with E-state index in [1.165, 1.54) is 29.5 Å². The van der Waals surface area contributed by atoms with E-state index < -0.39 is 15.8 Å². The zero-order valence-corrected chi connectivity index (χ0v) is 15.3. The molecule has 5 rings (SSSR count). The number of hydrogen-bond acceptors (Lipinski definition) is 8. The minimum atomic E-state index is -3.89. The maximum atomic E-state index is 12.8. The van der Waals surface area contributed by atoms with Gasteiger partial charge in [0.05, 0.1) is 16.1 Å². The molecule has 1 aliphatic rings. The van der Waals surface area contributed by atoms with Gasteiger partial charge in [0.25, 0.3) is 15.9 Å². The first kappa shape index (κ1) is 16.3. The first-order valence-electron chi connectivity index (χ1n) is 8.07. The molecule has 1 saturated carbocycles. The molecule has 138 valence electrons. The fraction of sp³-hybridized carbons (Fsp3) is 0.188. The summed E-state index contributed by atoms with van der Waals surface area (Å²) in [5.74, 6) is 0.641. The van der Waals surface area contributed by atoms with Gasteiger partial charge < -0.3 is 8.94 Å². The van der Waals surface area contributed by atoms with E-state index in [2.05, 4.69) is 19.8 Å². The molecule has 0 aliphatic heterocycles. The van der Waals surface area contributed by atoms with E-state index in [0.29, 0.717) is 33.7 Å². The smallest absolute Gasteiger partial charge is 0.408 e. The Hall–Kier alpha value is -2.92. The molecule has 0 amide bonds. The van der Waals surface area contributed by atoms with E-state index >= 15 is 0 Å². The number of sulfonamides is 1. The van der Waals surface area contributed by atoms with Crippen LogP contribution in [0.4, 0.5) is 5.69 Å². The van der Waals surface area contributed by atoms with Crippen molar-refractivity contribution < 1.29 is 17.4 Å². The second-order valence-corrected chi connectivity index (χ2v) is 8.77. The van der Waals surface area contributed by atoms with Gasteiger partial charge in [-0.3, -0.25) is 9.71 Å². The number of aromatic amines is 1. The predicted octanol–water partition coefficient (Wildman–Crippen LogP) is 2.91. The van der Waals surface area contributed by atoms with E-state index in [-0.39, 0.29) is 10.5 Å². The highest BCUT2D eigenvalue weighted by Crippen LogP contribution is 2.40. The van der Waals surface area contributed by atoms with Crippen LogP contribution in [-0.2, 0) is 10.0 Å². The summed E-state index contributed by atoms with van der Waals surface area (Å²) in [6, 6.07) is 5.77. The highest BCUT2D eigenvalue weighted by Gasteiger charge is 2.30. The summed E-state index contributed by atoms with van der Waals surface area (Å²) >= 11 is 1.30. The van der Waals surface area contributed by atoms with Gasteiger partial charge >= 0.3 is 5.76 Å². The third kappa shape index (κ3) is 2.94. The van der Waals surface area contributed by atoms with Gasteiger partial charge in [0.2, 0.25) is 0 Å². The fourth-order valence-corrected chi connectivity index (χ4v) is 4.62. The number of hydrogen-bond donors (Lipinski definition) is 2. The highest BCUT2D eigenvalue weighted by molar-refractivity contribution is 7.92. The average Bonchev–Trinajstić information content (AvgIpc) is 3.03. The summed E-state index contributed by atoms with van der Waals surface area (Å²) in [5.41, 5.74) is 0.944. The molecule has 0 saturated heterocycles. The van der Waals surface area contributed by atoms with Crippen LogP contribution in [0.25, 0.3) is 21.9 Å². The molecular formula is C16H12N4O5S2. The van der Waals surface area contributed by atoms with Crippen LogP contribution >= 0.6 is 11.3 Å². The van der Waals surface area contributed by atoms with Crippen molar-refractivity contribution >= 4 is 38.1 Å². The van der Waals surface area contributed by atoms with E-state index in [9.17, 15) is 13.2 Å². The van der Waals surface area contributed by atoms with E-state index in [1.807, 2.05) is 0 Å². The fourth-order valence-electron chi connectivity index (χ4n) is 2.69. The van der Waals surface area contributed by atoms with Crippen LogP contribution in [0, 0.1) is 0 Å². The topological polar surface area (TPSA) is 131 Å². The van der Waals surface area contributed by atoms with Crippen molar-refractivity contribution in [3.05, 3.63) is 46.0 Å². The molecular weight excluding hydrogens is 392 g/mol. The summed E-state index contributed by atoms with van der Waals surface area (Å²) in [4.78, 5) is 18.6. The number of anilines is 1. The molecule has 11 heteroatoms. The van der Waals surface area contributed by atoms with Crippen LogP contribution in [0.3, 0.4) is 0 Å². The Bertz CT molecular complexity index is 1310. The van der Waals surface area contributed by atoms with Crippen LogP contribution in [0.2, 0.25) is 0 Å². The lowest BCUT2D eigenvalue weighted by atomic mass is 10.3. The lowest BCUT2D eigenvalue weighted by Gasteiger charge is -2.07. The van der Waals surface area contributed by atoms with Crippen LogP contribution in [-0.4, -0.2) is 23.5 Å². The van der Waals surface area contributed by atoms with Crippen molar-refractivity contribution in [1.29, 1.82) is 0 Å². The summed E-state index contributed by atoms with van der Waals surface area (Å²) in [7, 11) is -3.89. The van der Waals surface area contributed by atoms with Crippen molar-refractivity contribution in [1.82, 2.24) is 15.1 Å². The monoisotopic (exact) mass is 404 g/mol. The molecule has 1 aromatic carbocycles. The molecule has 9 nitrogen and oxygen atoms in total. The Balaban J connectivity index is 1.48. The Morgan fingerprint density at radius 2 is 2.11 bits per heavy atom. The second-order valence-electron chi connectivity index (χ2n) is 6.17. The molecule has 27 heavy (non-hydrogen) atoms. The first-order chi connectivity index (χ1) is 13.0. The van der Waals surface area contributed by atoms with Crippen LogP contribution in [0.1, 0.15) is 24.6 Å². The minimum absolute atomic E-state index is 0.00611. The van der Waals surface area contributed by atoms with Gasteiger partial charge in [-0.1, -0.05) is 5.16 Å². The van der Waals surface area contributed by atoms with Crippen molar-refractivity contribution in [3.8, 4) is 10.8 Å². The Kier molecular flexibility index (Phi) is 3.49. The van der Waals surface area contributed by atoms with Crippen LogP contribution in [0.5, 0.6) is 0 Å². The standard InChI is InChI=1S/C16H12N4O5S2/c21-16-17-11-7-9(3-4-12(11)24-16)27(22,23)20-10-5-6-26-13(10)15-18-14(19-25-15)8-1-2-8/h3-8,20H,1-2H2,(H,17,21). The van der Waals surface area contributed by atoms with Gasteiger partial charge in [-0.15, -0.1) is 11.3 Å². The summed E-state index contributed by atoms with van der Waals surface area (Å²) in [6.07, 6.45) is 2.09. The molecule has 3 aromatic heterocycles. The maximum Gasteiger partial charge on any atom is 0.417 e. The number of nitrogens with zero attached hydrogens (tertiary/aromatic N) is 2. The lowest BCUT2D eigenvalue weighted by Crippen LogP contribution is -2.13. The molecule has 0 bridgehead atoms. The zero-order valence-electron chi connectivity index (χ0n) is 13.6. The third-order valence-corrected chi connectivity index (χ3v) is 6.45. The number of rotatable bonds is 5. The Labute approximate surface area is 156 Å². The molecule has 2 N–H and O–H groups in total. The number of nitrogens with one attached hydrogen (secondary N) is 2. The Morgan fingerprint density at radius 3 is 2.93 bits per heavy atom. The summed E-state index contributed by atoms with van der Waals surface area (Å²) < 4.78 is 38.2. The van der Waals surface area contributed by atoms with Crippen LogP contribution < -0.4 is 10.5 Å². The van der Waals surface area contributed by atoms with Gasteiger partial charge in [-0.2, -0.15) is 4.98 Å². The molecule has 1 fully saturated rings. The number of oxazole rings is 1. The largest absolute Gasteiger partial charge is 0.417 e. The van der Waals surface area contributed by atoms with Crippen molar-refractivity contribution in [2.75, 3.05) is 4.72 Å². The zero-order chi connectivity index (χ0) is 18.6. The number of H-pyrrole nitrogens is 1. The Morgan fingerprint density at radius 1 is 1.26 bits per heavy atom. The lowest BCUT2D eigenvalue weighted by molar-refractivity contribution is 0.423. The van der Waals surface area contributed by atoms with Crippen LogP contribution in [0.15, 0.2) is 48.3 Å². The van der Waals surface area contributed by atoms with E-state index in [4.69, 9.17) is 8.94 Å². The van der Waals surface area contributed by atoms with E-state index in [1.54, 1.807) is 11.4 Å². The summed E-state index contributed by atoms with van der Waals surface area (Å²) in [5, 5.41) is 5.71. The molecule has 0 radical (unpaired) electrons. The van der Waals surface area contributed by atoms with Gasteiger partial charge in [0, 0.05) is 5.92 Å². The third-order valence-electron chi connectivity index (χ3n) is 4.19. The van der Waals surface area contributed by atoms with Crippen molar-refractivity contribution in [2.24, 2.45) is 0 Å². The summed E-state index contributed by atoms with van der Waals surface area (Å²) in [6.45, 7) is 0. The number of aromatic nitrogens is 3. The van der Waals surface area contributed by atoms with Gasteiger partial charge in [-0.25, -0.2) is 13.2 Å². The first-order valence-corrected chi connectivity index (χ1v) is 10.4. The molecule has 0 unspecified atom stereocenters. The quantitative estimate of drug-likeness (QED) is 0.523.